The van der Waals surface area contributed by atoms with Crippen LogP contribution in [0.5, 0.6) is 0 Å². The Labute approximate surface area is 64.8 Å². The van der Waals surface area contributed by atoms with Crippen LogP contribution in [0.1, 0.15) is 19.3 Å². The van der Waals surface area contributed by atoms with Gasteiger partial charge in [-0.2, -0.15) is 0 Å². The van der Waals surface area contributed by atoms with Crippen LogP contribution in [0.15, 0.2) is 0 Å². The van der Waals surface area contributed by atoms with Crippen molar-refractivity contribution in [3.05, 3.63) is 0 Å². The monoisotopic (exact) mass is 178 g/mol. The van der Waals surface area contributed by atoms with Crippen LogP contribution in [0, 0.1) is 5.92 Å². The molecular formula is C6H11O4P. The highest BCUT2D eigenvalue weighted by Gasteiger charge is 2.30. The third-order valence-corrected chi connectivity index (χ3v) is 2.81. The Kier molecular flexibility index (Phi) is 2.47. The summed E-state index contributed by atoms with van der Waals surface area (Å²) in [6.07, 6.45) is 1.66. The van der Waals surface area contributed by atoms with Gasteiger partial charge in [-0.05, 0) is 12.8 Å². The van der Waals surface area contributed by atoms with Gasteiger partial charge in [-0.25, -0.2) is 0 Å². The Morgan fingerprint density at radius 3 is 2.55 bits per heavy atom. The van der Waals surface area contributed by atoms with E-state index in [9.17, 15) is 9.36 Å². The van der Waals surface area contributed by atoms with Gasteiger partial charge in [-0.1, -0.05) is 0 Å². The Morgan fingerprint density at radius 1 is 1.55 bits per heavy atom. The minimum atomic E-state index is -3.97. The van der Waals surface area contributed by atoms with E-state index in [0.29, 0.717) is 12.8 Å². The molecule has 1 aliphatic rings. The SMILES string of the molecule is O=C1CCC[C@@H]1CP(=O)(O)O. The maximum absolute atomic E-state index is 10.9. The van der Waals surface area contributed by atoms with Gasteiger partial charge in [0.1, 0.15) is 5.78 Å². The van der Waals surface area contributed by atoms with Crippen LogP contribution in [-0.4, -0.2) is 21.7 Å². The van der Waals surface area contributed by atoms with Crippen LogP contribution in [0.25, 0.3) is 0 Å². The van der Waals surface area contributed by atoms with Crippen molar-refractivity contribution in [2.45, 2.75) is 19.3 Å². The second kappa shape index (κ2) is 3.05. The fourth-order valence-electron chi connectivity index (χ4n) is 1.37. The first kappa shape index (κ1) is 8.91. The molecule has 64 valence electrons. The van der Waals surface area contributed by atoms with Gasteiger partial charge in [0.2, 0.25) is 0 Å². The van der Waals surface area contributed by atoms with Crippen molar-refractivity contribution in [2.24, 2.45) is 5.92 Å². The third kappa shape index (κ3) is 2.73. The van der Waals surface area contributed by atoms with E-state index in [1.165, 1.54) is 0 Å². The molecule has 0 aromatic carbocycles. The summed E-state index contributed by atoms with van der Waals surface area (Å²) in [5, 5.41) is 0. The van der Waals surface area contributed by atoms with Gasteiger partial charge >= 0.3 is 7.60 Å². The van der Waals surface area contributed by atoms with E-state index in [0.717, 1.165) is 6.42 Å². The zero-order chi connectivity index (χ0) is 8.48. The summed E-state index contributed by atoms with van der Waals surface area (Å²) in [6.45, 7) is 0. The second-order valence-electron chi connectivity index (χ2n) is 2.90. The van der Waals surface area contributed by atoms with Crippen molar-refractivity contribution in [3.8, 4) is 0 Å². The summed E-state index contributed by atoms with van der Waals surface area (Å²) in [4.78, 5) is 28.0. The molecule has 1 aliphatic carbocycles. The lowest BCUT2D eigenvalue weighted by atomic mass is 10.1. The van der Waals surface area contributed by atoms with Crippen molar-refractivity contribution < 1.29 is 19.1 Å². The van der Waals surface area contributed by atoms with Gasteiger partial charge in [0, 0.05) is 12.3 Å². The van der Waals surface area contributed by atoms with Crippen LogP contribution in [0.3, 0.4) is 0 Å². The molecule has 0 aromatic rings. The molecule has 4 nitrogen and oxygen atoms in total. The van der Waals surface area contributed by atoms with Crippen LogP contribution in [0.2, 0.25) is 0 Å². The van der Waals surface area contributed by atoms with Gasteiger partial charge in [0.25, 0.3) is 0 Å². The molecule has 11 heavy (non-hydrogen) atoms. The van der Waals surface area contributed by atoms with Crippen molar-refractivity contribution in [3.63, 3.8) is 0 Å². The minimum absolute atomic E-state index is 0.00771. The quantitative estimate of drug-likeness (QED) is 0.605. The normalized spacial score (nSPS) is 26.0. The molecule has 0 saturated heterocycles. The van der Waals surface area contributed by atoms with E-state index in [1.54, 1.807) is 0 Å². The molecule has 0 bridgehead atoms. The molecule has 1 saturated carbocycles. The average Bonchev–Trinajstić information content (AvgIpc) is 2.12. The smallest absolute Gasteiger partial charge is 0.324 e. The summed E-state index contributed by atoms with van der Waals surface area (Å²) in [5.74, 6) is -0.371. The van der Waals surface area contributed by atoms with Gasteiger partial charge < -0.3 is 9.79 Å². The predicted octanol–water partition coefficient (Wildman–Crippen LogP) is 0.533. The number of carbonyl (C=O) groups excluding carboxylic acids is 1. The highest BCUT2D eigenvalue weighted by atomic mass is 31.2. The number of carbonyl (C=O) groups is 1. The number of hydrogen-bond donors (Lipinski definition) is 2. The first-order valence-corrected chi connectivity index (χ1v) is 5.36. The zero-order valence-electron chi connectivity index (χ0n) is 6.06. The van der Waals surface area contributed by atoms with Crippen molar-refractivity contribution in [1.29, 1.82) is 0 Å². The molecule has 1 fully saturated rings. The standard InChI is InChI=1S/C6H11O4P/c7-6-3-1-2-5(6)4-11(8,9)10/h5H,1-4H2,(H2,8,9,10)/t5-/m1/s1. The molecule has 0 unspecified atom stereocenters. The van der Waals surface area contributed by atoms with Crippen molar-refractivity contribution in [2.75, 3.05) is 6.16 Å². The third-order valence-electron chi connectivity index (χ3n) is 1.89. The molecule has 0 aliphatic heterocycles. The average molecular weight is 178 g/mol. The van der Waals surface area contributed by atoms with E-state index in [2.05, 4.69) is 0 Å². The van der Waals surface area contributed by atoms with E-state index in [-0.39, 0.29) is 17.9 Å². The van der Waals surface area contributed by atoms with Gasteiger partial charge in [-0.15, -0.1) is 0 Å². The summed E-state index contributed by atoms with van der Waals surface area (Å²) < 4.78 is 10.5. The molecule has 1 rings (SSSR count). The molecule has 2 N–H and O–H groups in total. The van der Waals surface area contributed by atoms with Crippen LogP contribution in [-0.2, 0) is 9.36 Å². The number of ketones is 1. The number of hydrogen-bond acceptors (Lipinski definition) is 2. The topological polar surface area (TPSA) is 74.6 Å². The van der Waals surface area contributed by atoms with E-state index in [4.69, 9.17) is 9.79 Å². The highest BCUT2D eigenvalue weighted by Crippen LogP contribution is 2.40. The van der Waals surface area contributed by atoms with Crippen LogP contribution in [0.4, 0.5) is 0 Å². The lowest BCUT2D eigenvalue weighted by Gasteiger charge is -2.07. The number of rotatable bonds is 2. The summed E-state index contributed by atoms with van der Waals surface area (Å²) in [7, 11) is -3.97. The van der Waals surface area contributed by atoms with E-state index in [1.807, 2.05) is 0 Å². The lowest BCUT2D eigenvalue weighted by molar-refractivity contribution is -0.120. The van der Waals surface area contributed by atoms with Gasteiger partial charge in [0.05, 0.1) is 6.16 Å². The number of Topliss-reactive ketones (excluding diaryl/α,β-unsaturated/α-hetero) is 1. The highest BCUT2D eigenvalue weighted by molar-refractivity contribution is 7.51. The lowest BCUT2D eigenvalue weighted by Crippen LogP contribution is -2.11. The fraction of sp³-hybridized carbons (Fsp3) is 0.833. The second-order valence-corrected chi connectivity index (χ2v) is 4.60. The molecule has 0 radical (unpaired) electrons. The maximum atomic E-state index is 10.9. The molecule has 5 heteroatoms. The molecule has 0 aromatic heterocycles. The molecule has 0 heterocycles. The maximum Gasteiger partial charge on any atom is 0.326 e. The van der Waals surface area contributed by atoms with E-state index < -0.39 is 7.60 Å². The predicted molar refractivity (Wildman–Crippen MR) is 39.3 cm³/mol. The molecular weight excluding hydrogens is 167 g/mol. The van der Waals surface area contributed by atoms with Gasteiger partial charge in [0.15, 0.2) is 0 Å². The Balaban J connectivity index is 2.50. The van der Waals surface area contributed by atoms with Crippen molar-refractivity contribution >= 4 is 13.4 Å². The first-order chi connectivity index (χ1) is 4.99. The first-order valence-electron chi connectivity index (χ1n) is 3.56. The summed E-state index contributed by atoms with van der Waals surface area (Å²) in [5.41, 5.74) is 0. The minimum Gasteiger partial charge on any atom is -0.324 e. The van der Waals surface area contributed by atoms with Gasteiger partial charge in [-0.3, -0.25) is 9.36 Å². The van der Waals surface area contributed by atoms with Crippen LogP contribution >= 0.6 is 7.60 Å². The largest absolute Gasteiger partial charge is 0.326 e. The van der Waals surface area contributed by atoms with Crippen LogP contribution < -0.4 is 0 Å². The van der Waals surface area contributed by atoms with E-state index >= 15 is 0 Å². The summed E-state index contributed by atoms with van der Waals surface area (Å²) in [6, 6.07) is 0. The van der Waals surface area contributed by atoms with Crippen molar-refractivity contribution in [1.82, 2.24) is 0 Å². The Bertz CT molecular complexity index is 207. The Morgan fingerprint density at radius 2 is 2.18 bits per heavy atom. The fourth-order valence-corrected chi connectivity index (χ4v) is 2.33. The molecule has 0 spiro atoms. The zero-order valence-corrected chi connectivity index (χ0v) is 6.96. The molecule has 1 atom stereocenters. The Hall–Kier alpha value is -0.180. The summed E-state index contributed by atoms with van der Waals surface area (Å²) >= 11 is 0. The molecule has 0 amide bonds.